The summed E-state index contributed by atoms with van der Waals surface area (Å²) >= 11 is 0. The van der Waals surface area contributed by atoms with E-state index < -0.39 is 0 Å². The molecule has 0 saturated carbocycles. The summed E-state index contributed by atoms with van der Waals surface area (Å²) in [6.07, 6.45) is 3.21. The number of amides is 1. The number of rotatable bonds is 3. The van der Waals surface area contributed by atoms with Crippen molar-refractivity contribution in [3.8, 4) is 0 Å². The minimum atomic E-state index is -0.193. The van der Waals surface area contributed by atoms with E-state index in [-0.39, 0.29) is 5.91 Å². The van der Waals surface area contributed by atoms with Crippen LogP contribution in [-0.4, -0.2) is 21.1 Å². The number of nitrogens with one attached hydrogen (secondary N) is 3. The summed E-state index contributed by atoms with van der Waals surface area (Å²) in [4.78, 5) is 14.3. The Morgan fingerprint density at radius 3 is 3.07 bits per heavy atom. The molecule has 0 aliphatic carbocycles. The molecule has 15 heavy (non-hydrogen) atoms. The highest BCUT2D eigenvalue weighted by Gasteiger charge is 2.06. The van der Waals surface area contributed by atoms with Crippen LogP contribution in [0.4, 0.5) is 5.69 Å². The number of nitrogens with two attached hydrogens (primary N) is 1. The normalized spacial score (nSPS) is 10.1. The third-order valence-corrected chi connectivity index (χ3v) is 1.95. The highest BCUT2D eigenvalue weighted by atomic mass is 16.1. The number of aromatic nitrogens is 3. The molecule has 0 saturated heterocycles. The van der Waals surface area contributed by atoms with Crippen LogP contribution in [0.2, 0.25) is 0 Å². The minimum absolute atomic E-state index is 0.193. The molecule has 0 unspecified atom stereocenters. The summed E-state index contributed by atoms with van der Waals surface area (Å²) in [5.41, 5.74) is 7.32. The Morgan fingerprint density at radius 1 is 1.60 bits per heavy atom. The molecule has 2 rings (SSSR count). The van der Waals surface area contributed by atoms with Gasteiger partial charge in [-0.25, -0.2) is 0 Å². The minimum Gasteiger partial charge on any atom is -0.397 e. The first kappa shape index (κ1) is 9.32. The smallest absolute Gasteiger partial charge is 0.268 e. The van der Waals surface area contributed by atoms with Crippen LogP contribution < -0.4 is 11.1 Å². The zero-order chi connectivity index (χ0) is 10.7. The van der Waals surface area contributed by atoms with Gasteiger partial charge in [0.15, 0.2) is 0 Å². The number of aromatic amines is 2. The third-order valence-electron chi connectivity index (χ3n) is 1.95. The van der Waals surface area contributed by atoms with Crippen molar-refractivity contribution < 1.29 is 4.79 Å². The van der Waals surface area contributed by atoms with E-state index in [1.165, 1.54) is 0 Å². The number of nitrogens with zero attached hydrogens (tertiary/aromatic N) is 1. The zero-order valence-corrected chi connectivity index (χ0v) is 7.95. The monoisotopic (exact) mass is 205 g/mol. The summed E-state index contributed by atoms with van der Waals surface area (Å²) < 4.78 is 0. The van der Waals surface area contributed by atoms with Crippen LogP contribution in [0, 0.1) is 0 Å². The standard InChI is InChI=1S/C9H11N5O/c10-6-3-8(11-4-6)9(15)12-5-7-1-2-13-14-7/h1-4,11H,5,10H2,(H,12,15)(H,13,14). The van der Waals surface area contributed by atoms with Gasteiger partial charge in [0.25, 0.3) is 5.91 Å². The van der Waals surface area contributed by atoms with Crippen LogP contribution in [0.3, 0.4) is 0 Å². The molecule has 78 valence electrons. The molecule has 0 fully saturated rings. The van der Waals surface area contributed by atoms with E-state index in [4.69, 9.17) is 5.73 Å². The number of nitrogen functional groups attached to an aromatic ring is 1. The first-order valence-electron chi connectivity index (χ1n) is 4.46. The lowest BCUT2D eigenvalue weighted by Gasteiger charge is -2.00. The third kappa shape index (κ3) is 2.16. The van der Waals surface area contributed by atoms with Crippen molar-refractivity contribution >= 4 is 11.6 Å². The summed E-state index contributed by atoms with van der Waals surface area (Å²) in [5.74, 6) is -0.193. The fourth-order valence-electron chi connectivity index (χ4n) is 1.20. The van der Waals surface area contributed by atoms with Crippen LogP contribution in [0.1, 0.15) is 16.2 Å². The average molecular weight is 205 g/mol. The van der Waals surface area contributed by atoms with Crippen molar-refractivity contribution in [2.45, 2.75) is 6.54 Å². The number of hydrogen-bond donors (Lipinski definition) is 4. The Hall–Kier alpha value is -2.24. The second-order valence-electron chi connectivity index (χ2n) is 3.11. The maximum absolute atomic E-state index is 11.5. The lowest BCUT2D eigenvalue weighted by molar-refractivity contribution is 0.0946. The second kappa shape index (κ2) is 3.87. The second-order valence-corrected chi connectivity index (χ2v) is 3.11. The van der Waals surface area contributed by atoms with Gasteiger partial charge >= 0.3 is 0 Å². The van der Waals surface area contributed by atoms with E-state index in [0.29, 0.717) is 17.9 Å². The first-order chi connectivity index (χ1) is 7.25. The van der Waals surface area contributed by atoms with Gasteiger partial charge in [0.05, 0.1) is 12.2 Å². The fourth-order valence-corrected chi connectivity index (χ4v) is 1.20. The topological polar surface area (TPSA) is 99.6 Å². The first-order valence-corrected chi connectivity index (χ1v) is 4.46. The number of H-pyrrole nitrogens is 2. The molecular weight excluding hydrogens is 194 g/mol. The van der Waals surface area contributed by atoms with Gasteiger partial charge in [-0.1, -0.05) is 0 Å². The zero-order valence-electron chi connectivity index (χ0n) is 7.95. The average Bonchev–Trinajstić information content (AvgIpc) is 2.84. The molecule has 2 heterocycles. The van der Waals surface area contributed by atoms with Crippen molar-refractivity contribution in [1.29, 1.82) is 0 Å². The molecular formula is C9H11N5O. The number of hydrogen-bond acceptors (Lipinski definition) is 3. The highest BCUT2D eigenvalue weighted by Crippen LogP contribution is 2.04. The van der Waals surface area contributed by atoms with Crippen molar-refractivity contribution in [3.63, 3.8) is 0 Å². The van der Waals surface area contributed by atoms with Crippen molar-refractivity contribution in [3.05, 3.63) is 35.9 Å². The van der Waals surface area contributed by atoms with Gasteiger partial charge in [-0.3, -0.25) is 9.89 Å². The predicted molar refractivity (Wildman–Crippen MR) is 55.0 cm³/mol. The van der Waals surface area contributed by atoms with Crippen LogP contribution in [0.15, 0.2) is 24.5 Å². The predicted octanol–water partition coefficient (Wildman–Crippen LogP) is 0.250. The van der Waals surface area contributed by atoms with Gasteiger partial charge < -0.3 is 16.0 Å². The van der Waals surface area contributed by atoms with E-state index >= 15 is 0 Å². The summed E-state index contributed by atoms with van der Waals surface area (Å²) in [6, 6.07) is 3.38. The summed E-state index contributed by atoms with van der Waals surface area (Å²) in [5, 5.41) is 9.24. The molecule has 6 nitrogen and oxygen atoms in total. The van der Waals surface area contributed by atoms with E-state index in [9.17, 15) is 4.79 Å². The molecule has 0 atom stereocenters. The van der Waals surface area contributed by atoms with Gasteiger partial charge in [0.2, 0.25) is 0 Å². The molecule has 0 aromatic carbocycles. The molecule has 2 aromatic heterocycles. The molecule has 0 bridgehead atoms. The number of anilines is 1. The molecule has 0 aliphatic rings. The molecule has 0 spiro atoms. The Labute approximate surface area is 85.9 Å². The van der Waals surface area contributed by atoms with Gasteiger partial charge in [-0.15, -0.1) is 0 Å². The van der Waals surface area contributed by atoms with Crippen LogP contribution in [0.25, 0.3) is 0 Å². The highest BCUT2D eigenvalue weighted by molar-refractivity contribution is 5.93. The van der Waals surface area contributed by atoms with Gasteiger partial charge in [-0.2, -0.15) is 5.10 Å². The Kier molecular flexibility index (Phi) is 2.40. The van der Waals surface area contributed by atoms with E-state index in [2.05, 4.69) is 20.5 Å². The number of carbonyl (C=O) groups excluding carboxylic acids is 1. The van der Waals surface area contributed by atoms with Gasteiger partial charge in [0, 0.05) is 18.1 Å². The molecule has 0 aliphatic heterocycles. The van der Waals surface area contributed by atoms with E-state index in [1.54, 1.807) is 24.5 Å². The Bertz CT molecular complexity index is 445. The molecule has 2 aromatic rings. The maximum Gasteiger partial charge on any atom is 0.268 e. The fraction of sp³-hybridized carbons (Fsp3) is 0.111. The summed E-state index contributed by atoms with van der Waals surface area (Å²) in [6.45, 7) is 0.414. The van der Waals surface area contributed by atoms with Gasteiger partial charge in [-0.05, 0) is 12.1 Å². The lowest BCUT2D eigenvalue weighted by atomic mass is 10.3. The van der Waals surface area contributed by atoms with Crippen molar-refractivity contribution in [2.24, 2.45) is 0 Å². The number of carbonyl (C=O) groups is 1. The van der Waals surface area contributed by atoms with Crippen molar-refractivity contribution in [1.82, 2.24) is 20.5 Å². The van der Waals surface area contributed by atoms with Crippen LogP contribution in [-0.2, 0) is 6.54 Å². The largest absolute Gasteiger partial charge is 0.397 e. The quantitative estimate of drug-likeness (QED) is 0.578. The molecule has 6 heteroatoms. The van der Waals surface area contributed by atoms with E-state index in [1.807, 2.05) is 0 Å². The Morgan fingerprint density at radius 2 is 2.47 bits per heavy atom. The molecule has 1 amide bonds. The Balaban J connectivity index is 1.93. The van der Waals surface area contributed by atoms with Crippen LogP contribution in [0.5, 0.6) is 0 Å². The maximum atomic E-state index is 11.5. The molecule has 0 radical (unpaired) electrons. The lowest BCUT2D eigenvalue weighted by Crippen LogP contribution is -2.23. The van der Waals surface area contributed by atoms with Gasteiger partial charge in [0.1, 0.15) is 5.69 Å². The molecule has 5 N–H and O–H groups in total. The SMILES string of the molecule is Nc1c[nH]c(C(=O)NCc2ccn[nH]2)c1. The van der Waals surface area contributed by atoms with Crippen LogP contribution >= 0.6 is 0 Å². The van der Waals surface area contributed by atoms with E-state index in [0.717, 1.165) is 5.69 Å². The summed E-state index contributed by atoms with van der Waals surface area (Å²) in [7, 11) is 0. The van der Waals surface area contributed by atoms with Crippen molar-refractivity contribution in [2.75, 3.05) is 5.73 Å².